The molecule has 0 spiro atoms. The van der Waals surface area contributed by atoms with Crippen molar-refractivity contribution in [2.24, 2.45) is 0 Å². The lowest BCUT2D eigenvalue weighted by Gasteiger charge is -2.07. The van der Waals surface area contributed by atoms with Gasteiger partial charge in [0.05, 0.1) is 13.7 Å². The Morgan fingerprint density at radius 1 is 1.33 bits per heavy atom. The molecule has 0 atom stereocenters. The van der Waals surface area contributed by atoms with E-state index < -0.39 is 0 Å². The standard InChI is InChI=1S/C9H11O3/c1-3-12-9-6-7(10)4-5-8(9)11-2/h4-6H,3H2,1-2H3. The lowest BCUT2D eigenvalue weighted by atomic mass is 10.3. The molecule has 0 unspecified atom stereocenters. The minimum absolute atomic E-state index is 0.0701. The van der Waals surface area contributed by atoms with Crippen molar-refractivity contribution in [3.8, 4) is 17.2 Å². The molecule has 0 bridgehead atoms. The van der Waals surface area contributed by atoms with Gasteiger partial charge in [0.1, 0.15) is 0 Å². The molecular formula is C9H11O3. The predicted octanol–water partition coefficient (Wildman–Crippen LogP) is 2.24. The topological polar surface area (TPSA) is 38.4 Å². The van der Waals surface area contributed by atoms with Crippen LogP contribution in [0.3, 0.4) is 0 Å². The second-order valence-corrected chi connectivity index (χ2v) is 2.25. The molecule has 12 heavy (non-hydrogen) atoms. The van der Waals surface area contributed by atoms with Crippen molar-refractivity contribution >= 4 is 0 Å². The molecule has 0 saturated heterocycles. The van der Waals surface area contributed by atoms with E-state index in [2.05, 4.69) is 0 Å². The summed E-state index contributed by atoms with van der Waals surface area (Å²) < 4.78 is 10.2. The van der Waals surface area contributed by atoms with Crippen molar-refractivity contribution in [2.45, 2.75) is 6.92 Å². The van der Waals surface area contributed by atoms with E-state index in [0.717, 1.165) is 0 Å². The van der Waals surface area contributed by atoms with Gasteiger partial charge in [-0.2, -0.15) is 0 Å². The molecule has 0 fully saturated rings. The van der Waals surface area contributed by atoms with Crippen LogP contribution >= 0.6 is 0 Å². The molecule has 1 rings (SSSR count). The Morgan fingerprint density at radius 2 is 2.08 bits per heavy atom. The summed E-state index contributed by atoms with van der Waals surface area (Å²) in [6, 6.07) is 4.47. The van der Waals surface area contributed by atoms with Gasteiger partial charge in [0.25, 0.3) is 0 Å². The molecule has 1 radical (unpaired) electrons. The molecule has 1 aromatic rings. The van der Waals surface area contributed by atoms with Crippen LogP contribution in [0.5, 0.6) is 17.2 Å². The van der Waals surface area contributed by atoms with Crippen molar-refractivity contribution in [1.29, 1.82) is 0 Å². The fourth-order valence-electron chi connectivity index (χ4n) is 0.925. The van der Waals surface area contributed by atoms with Crippen molar-refractivity contribution in [3.63, 3.8) is 0 Å². The monoisotopic (exact) mass is 167 g/mol. The summed E-state index contributed by atoms with van der Waals surface area (Å²) >= 11 is 0. The predicted molar refractivity (Wildman–Crippen MR) is 44.3 cm³/mol. The molecule has 3 nitrogen and oxygen atoms in total. The Bertz CT molecular complexity index is 258. The van der Waals surface area contributed by atoms with E-state index in [-0.39, 0.29) is 5.75 Å². The molecule has 0 heterocycles. The summed E-state index contributed by atoms with van der Waals surface area (Å²) in [4.78, 5) is 0. The van der Waals surface area contributed by atoms with Crippen molar-refractivity contribution in [2.75, 3.05) is 13.7 Å². The van der Waals surface area contributed by atoms with Crippen molar-refractivity contribution < 1.29 is 14.6 Å². The van der Waals surface area contributed by atoms with E-state index in [1.165, 1.54) is 12.1 Å². The summed E-state index contributed by atoms with van der Waals surface area (Å²) in [5.74, 6) is 1.03. The summed E-state index contributed by atoms with van der Waals surface area (Å²) in [5.41, 5.74) is 0. The first-order chi connectivity index (χ1) is 5.77. The zero-order valence-electron chi connectivity index (χ0n) is 7.16. The van der Waals surface area contributed by atoms with Crippen LogP contribution in [0.25, 0.3) is 0 Å². The van der Waals surface area contributed by atoms with Gasteiger partial charge in [-0.25, -0.2) is 0 Å². The average molecular weight is 167 g/mol. The van der Waals surface area contributed by atoms with Crippen LogP contribution in [-0.4, -0.2) is 13.7 Å². The molecule has 1 aromatic carbocycles. The second kappa shape index (κ2) is 3.85. The van der Waals surface area contributed by atoms with Gasteiger partial charge in [0.15, 0.2) is 17.2 Å². The Labute approximate surface area is 71.5 Å². The van der Waals surface area contributed by atoms with Crippen molar-refractivity contribution in [1.82, 2.24) is 0 Å². The fourth-order valence-corrected chi connectivity index (χ4v) is 0.925. The van der Waals surface area contributed by atoms with Gasteiger partial charge < -0.3 is 9.47 Å². The molecule has 0 saturated carbocycles. The third-order valence-electron chi connectivity index (χ3n) is 1.43. The first-order valence-corrected chi connectivity index (χ1v) is 3.75. The van der Waals surface area contributed by atoms with Gasteiger partial charge in [0.2, 0.25) is 0 Å². The number of hydrogen-bond donors (Lipinski definition) is 0. The molecule has 65 valence electrons. The highest BCUT2D eigenvalue weighted by Crippen LogP contribution is 2.30. The lowest BCUT2D eigenvalue weighted by molar-refractivity contribution is 0.303. The summed E-state index contributed by atoms with van der Waals surface area (Å²) in [5, 5.41) is 10.9. The maximum atomic E-state index is 10.9. The van der Waals surface area contributed by atoms with Crippen LogP contribution in [-0.2, 0) is 5.11 Å². The average Bonchev–Trinajstić information content (AvgIpc) is 2.05. The summed E-state index contributed by atoms with van der Waals surface area (Å²) in [7, 11) is 1.54. The number of hydrogen-bond acceptors (Lipinski definition) is 2. The minimum atomic E-state index is -0.0701. The van der Waals surface area contributed by atoms with Gasteiger partial charge in [-0.3, -0.25) is 5.11 Å². The largest absolute Gasteiger partial charge is 0.493 e. The number of benzene rings is 1. The molecule has 0 aliphatic rings. The number of rotatable bonds is 3. The SMILES string of the molecule is CCOc1cc([O])ccc1OC. The maximum Gasteiger partial charge on any atom is 0.182 e. The summed E-state index contributed by atoms with van der Waals surface area (Å²) in [6.45, 7) is 2.39. The van der Waals surface area contributed by atoms with Gasteiger partial charge in [0, 0.05) is 6.07 Å². The summed E-state index contributed by atoms with van der Waals surface area (Å²) in [6.07, 6.45) is 0. The molecule has 0 aromatic heterocycles. The normalized spacial score (nSPS) is 9.50. The number of methoxy groups -OCH3 is 1. The van der Waals surface area contributed by atoms with Crippen LogP contribution in [0.4, 0.5) is 0 Å². The lowest BCUT2D eigenvalue weighted by Crippen LogP contribution is -1.94. The van der Waals surface area contributed by atoms with E-state index >= 15 is 0 Å². The Hall–Kier alpha value is -1.38. The zero-order chi connectivity index (χ0) is 8.97. The first kappa shape index (κ1) is 8.71. The van der Waals surface area contributed by atoms with E-state index in [9.17, 15) is 5.11 Å². The highest BCUT2D eigenvalue weighted by atomic mass is 16.5. The van der Waals surface area contributed by atoms with E-state index in [1.807, 2.05) is 6.92 Å². The van der Waals surface area contributed by atoms with E-state index in [0.29, 0.717) is 18.1 Å². The van der Waals surface area contributed by atoms with Gasteiger partial charge in [-0.1, -0.05) is 0 Å². The van der Waals surface area contributed by atoms with Gasteiger partial charge in [-0.15, -0.1) is 0 Å². The van der Waals surface area contributed by atoms with Gasteiger partial charge in [-0.05, 0) is 19.1 Å². The molecule has 0 amide bonds. The molecule has 0 aliphatic heterocycles. The third kappa shape index (κ3) is 1.81. The fraction of sp³-hybridized carbons (Fsp3) is 0.333. The molecule has 3 heteroatoms. The Morgan fingerprint density at radius 3 is 2.67 bits per heavy atom. The second-order valence-electron chi connectivity index (χ2n) is 2.25. The highest BCUT2D eigenvalue weighted by molar-refractivity contribution is 5.44. The van der Waals surface area contributed by atoms with Crippen LogP contribution < -0.4 is 9.47 Å². The van der Waals surface area contributed by atoms with Crippen LogP contribution in [0.2, 0.25) is 0 Å². The van der Waals surface area contributed by atoms with Crippen LogP contribution in [0.1, 0.15) is 6.92 Å². The van der Waals surface area contributed by atoms with Crippen LogP contribution in [0, 0.1) is 0 Å². The maximum absolute atomic E-state index is 10.9. The molecule has 0 aliphatic carbocycles. The van der Waals surface area contributed by atoms with E-state index in [4.69, 9.17) is 9.47 Å². The smallest absolute Gasteiger partial charge is 0.182 e. The third-order valence-corrected chi connectivity index (χ3v) is 1.43. The quantitative estimate of drug-likeness (QED) is 0.692. The minimum Gasteiger partial charge on any atom is -0.493 e. The van der Waals surface area contributed by atoms with Crippen LogP contribution in [0.15, 0.2) is 18.2 Å². The molecule has 0 N–H and O–H groups in total. The Balaban J connectivity index is 2.95. The first-order valence-electron chi connectivity index (χ1n) is 3.75. The van der Waals surface area contributed by atoms with E-state index in [1.54, 1.807) is 13.2 Å². The van der Waals surface area contributed by atoms with Crippen molar-refractivity contribution in [3.05, 3.63) is 18.2 Å². The number of ether oxygens (including phenoxy) is 2. The van der Waals surface area contributed by atoms with Gasteiger partial charge >= 0.3 is 0 Å². The molecular weight excluding hydrogens is 156 g/mol. The zero-order valence-corrected chi connectivity index (χ0v) is 7.16. The highest BCUT2D eigenvalue weighted by Gasteiger charge is 2.04. The Kier molecular flexibility index (Phi) is 2.80.